The molecule has 0 aliphatic carbocycles. The van der Waals surface area contributed by atoms with Gasteiger partial charge in [-0.1, -0.05) is 34.6 Å². The molecule has 0 unspecified atom stereocenters. The second-order valence-corrected chi connectivity index (χ2v) is 5.08. The zero-order valence-electron chi connectivity index (χ0n) is 11.2. The lowest BCUT2D eigenvalue weighted by Crippen LogP contribution is -1.95. The van der Waals surface area contributed by atoms with Crippen LogP contribution in [0.1, 0.15) is 18.1 Å². The highest BCUT2D eigenvalue weighted by Crippen LogP contribution is 2.29. The minimum atomic E-state index is 0. The first-order valence-corrected chi connectivity index (χ1v) is 6.88. The maximum absolute atomic E-state index is 6.00. The number of ether oxygens (including phenoxy) is 1. The molecule has 0 radical (unpaired) electrons. The maximum Gasteiger partial charge on any atom is 0.119 e. The van der Waals surface area contributed by atoms with Crippen LogP contribution in [0.2, 0.25) is 0 Å². The molecule has 106 valence electrons. The second kappa shape index (κ2) is 7.36. The number of rotatable bonds is 4. The lowest BCUT2D eigenvalue weighted by molar-refractivity contribution is 0.340. The van der Waals surface area contributed by atoms with Gasteiger partial charge in [-0.15, -0.1) is 12.4 Å². The van der Waals surface area contributed by atoms with Gasteiger partial charge in [-0.3, -0.25) is 0 Å². The molecule has 0 atom stereocenters. The van der Waals surface area contributed by atoms with Gasteiger partial charge in [0.1, 0.15) is 5.75 Å². The molecule has 0 aliphatic rings. The van der Waals surface area contributed by atoms with Crippen molar-refractivity contribution in [1.82, 2.24) is 0 Å². The molecule has 0 fully saturated rings. The molecule has 0 spiro atoms. The molecular formula is C16H17BrClNO. The first kappa shape index (κ1) is 16.6. The predicted molar refractivity (Wildman–Crippen MR) is 91.5 cm³/mol. The van der Waals surface area contributed by atoms with Crippen LogP contribution in [-0.4, -0.2) is 6.61 Å². The van der Waals surface area contributed by atoms with Crippen molar-refractivity contribution < 1.29 is 4.74 Å². The van der Waals surface area contributed by atoms with Gasteiger partial charge < -0.3 is 10.5 Å². The standard InChI is InChI=1S/C16H16BrNO.ClH/c1-3-19-14-7-4-12(5-8-14)11(2)15-10-13(17)6-9-16(15)18;/h4-10H,2-3,18H2,1H3;1H. The molecule has 0 heterocycles. The summed E-state index contributed by atoms with van der Waals surface area (Å²) >= 11 is 3.45. The van der Waals surface area contributed by atoms with E-state index in [-0.39, 0.29) is 12.4 Å². The number of nitrogen functional groups attached to an aromatic ring is 1. The third-order valence-corrected chi connectivity index (χ3v) is 3.35. The summed E-state index contributed by atoms with van der Waals surface area (Å²) in [7, 11) is 0. The lowest BCUT2D eigenvalue weighted by Gasteiger charge is -2.11. The highest BCUT2D eigenvalue weighted by molar-refractivity contribution is 9.10. The van der Waals surface area contributed by atoms with Gasteiger partial charge in [0.25, 0.3) is 0 Å². The Hall–Kier alpha value is -1.45. The molecule has 2 rings (SSSR count). The summed E-state index contributed by atoms with van der Waals surface area (Å²) in [4.78, 5) is 0. The molecule has 20 heavy (non-hydrogen) atoms. The second-order valence-electron chi connectivity index (χ2n) is 4.17. The van der Waals surface area contributed by atoms with Gasteiger partial charge in [0, 0.05) is 15.7 Å². The van der Waals surface area contributed by atoms with E-state index < -0.39 is 0 Å². The van der Waals surface area contributed by atoms with Gasteiger partial charge in [-0.25, -0.2) is 0 Å². The molecule has 2 nitrogen and oxygen atoms in total. The van der Waals surface area contributed by atoms with Crippen LogP contribution in [0, 0.1) is 0 Å². The molecule has 0 aliphatic heterocycles. The van der Waals surface area contributed by atoms with E-state index >= 15 is 0 Å². The van der Waals surface area contributed by atoms with Crippen LogP contribution >= 0.6 is 28.3 Å². The highest BCUT2D eigenvalue weighted by atomic mass is 79.9. The fraction of sp³-hybridized carbons (Fsp3) is 0.125. The van der Waals surface area contributed by atoms with Crippen molar-refractivity contribution in [2.45, 2.75) is 6.92 Å². The number of halogens is 2. The van der Waals surface area contributed by atoms with Crippen molar-refractivity contribution in [2.75, 3.05) is 12.3 Å². The van der Waals surface area contributed by atoms with Gasteiger partial charge in [0.05, 0.1) is 6.61 Å². The zero-order chi connectivity index (χ0) is 13.8. The van der Waals surface area contributed by atoms with Crippen molar-refractivity contribution in [3.63, 3.8) is 0 Å². The van der Waals surface area contributed by atoms with E-state index in [1.165, 1.54) is 0 Å². The van der Waals surface area contributed by atoms with Crippen LogP contribution < -0.4 is 10.5 Å². The Bertz CT molecular complexity index is 596. The Labute approximate surface area is 134 Å². The number of anilines is 1. The monoisotopic (exact) mass is 353 g/mol. The minimum Gasteiger partial charge on any atom is -0.494 e. The molecule has 2 aromatic rings. The molecule has 0 saturated heterocycles. The average molecular weight is 355 g/mol. The molecule has 2 aromatic carbocycles. The largest absolute Gasteiger partial charge is 0.494 e. The van der Waals surface area contributed by atoms with E-state index in [2.05, 4.69) is 22.5 Å². The predicted octanol–water partition coefficient (Wildman–Crippen LogP) is 4.91. The van der Waals surface area contributed by atoms with Gasteiger partial charge in [-0.05, 0) is 48.4 Å². The maximum atomic E-state index is 6.00. The number of nitrogens with two attached hydrogens (primary N) is 1. The van der Waals surface area contributed by atoms with Gasteiger partial charge in [-0.2, -0.15) is 0 Å². The lowest BCUT2D eigenvalue weighted by atomic mass is 9.98. The molecule has 0 aromatic heterocycles. The summed E-state index contributed by atoms with van der Waals surface area (Å²) in [5, 5.41) is 0. The molecular weight excluding hydrogens is 338 g/mol. The summed E-state index contributed by atoms with van der Waals surface area (Å²) in [6.45, 7) is 6.76. The zero-order valence-corrected chi connectivity index (χ0v) is 13.6. The Balaban J connectivity index is 0.00000200. The molecule has 4 heteroatoms. The van der Waals surface area contributed by atoms with Crippen molar-refractivity contribution in [3.05, 3.63) is 64.6 Å². The summed E-state index contributed by atoms with van der Waals surface area (Å²) in [5.41, 5.74) is 9.61. The Kier molecular flexibility index (Phi) is 6.11. The van der Waals surface area contributed by atoms with E-state index in [1.807, 2.05) is 49.4 Å². The van der Waals surface area contributed by atoms with Crippen LogP contribution in [0.25, 0.3) is 5.57 Å². The highest BCUT2D eigenvalue weighted by Gasteiger charge is 2.07. The SMILES string of the molecule is C=C(c1ccc(OCC)cc1)c1cc(Br)ccc1N.Cl. The van der Waals surface area contributed by atoms with Crippen molar-refractivity contribution in [3.8, 4) is 5.75 Å². The molecule has 2 N–H and O–H groups in total. The average Bonchev–Trinajstić information content (AvgIpc) is 2.42. The minimum absolute atomic E-state index is 0. The van der Waals surface area contributed by atoms with Crippen LogP contribution in [0.15, 0.2) is 53.5 Å². The first-order chi connectivity index (χ1) is 9.11. The summed E-state index contributed by atoms with van der Waals surface area (Å²) < 4.78 is 6.42. The first-order valence-electron chi connectivity index (χ1n) is 6.09. The third kappa shape index (κ3) is 3.78. The molecule has 0 saturated carbocycles. The quantitative estimate of drug-likeness (QED) is 0.791. The van der Waals surface area contributed by atoms with Gasteiger partial charge >= 0.3 is 0 Å². The van der Waals surface area contributed by atoms with Gasteiger partial charge in [0.2, 0.25) is 0 Å². The Morgan fingerprint density at radius 1 is 1.20 bits per heavy atom. The summed E-state index contributed by atoms with van der Waals surface area (Å²) in [5.74, 6) is 0.862. The van der Waals surface area contributed by atoms with Crippen LogP contribution in [-0.2, 0) is 0 Å². The third-order valence-electron chi connectivity index (χ3n) is 2.85. The summed E-state index contributed by atoms with van der Waals surface area (Å²) in [6, 6.07) is 13.6. The normalized spacial score (nSPS) is 9.70. The summed E-state index contributed by atoms with van der Waals surface area (Å²) in [6.07, 6.45) is 0. The smallest absolute Gasteiger partial charge is 0.119 e. The number of benzene rings is 2. The van der Waals surface area contributed by atoms with E-state index in [0.717, 1.165) is 32.6 Å². The fourth-order valence-electron chi connectivity index (χ4n) is 1.86. The van der Waals surface area contributed by atoms with Crippen molar-refractivity contribution in [1.29, 1.82) is 0 Å². The van der Waals surface area contributed by atoms with Crippen molar-refractivity contribution >= 4 is 39.6 Å². The number of hydrogen-bond acceptors (Lipinski definition) is 2. The molecule has 0 amide bonds. The number of hydrogen-bond donors (Lipinski definition) is 1. The van der Waals surface area contributed by atoms with E-state index in [9.17, 15) is 0 Å². The Morgan fingerprint density at radius 3 is 2.45 bits per heavy atom. The van der Waals surface area contributed by atoms with E-state index in [4.69, 9.17) is 10.5 Å². The molecule has 0 bridgehead atoms. The van der Waals surface area contributed by atoms with Crippen LogP contribution in [0.4, 0.5) is 5.69 Å². The van der Waals surface area contributed by atoms with Crippen molar-refractivity contribution in [2.24, 2.45) is 0 Å². The van der Waals surface area contributed by atoms with E-state index in [1.54, 1.807) is 0 Å². The van der Waals surface area contributed by atoms with Gasteiger partial charge in [0.15, 0.2) is 0 Å². The topological polar surface area (TPSA) is 35.2 Å². The fourth-order valence-corrected chi connectivity index (χ4v) is 2.23. The Morgan fingerprint density at radius 2 is 1.85 bits per heavy atom. The van der Waals surface area contributed by atoms with Crippen LogP contribution in [0.5, 0.6) is 5.75 Å². The van der Waals surface area contributed by atoms with E-state index in [0.29, 0.717) is 6.61 Å². The van der Waals surface area contributed by atoms with Crippen LogP contribution in [0.3, 0.4) is 0 Å².